The van der Waals surface area contributed by atoms with Crippen LogP contribution in [0.5, 0.6) is 0 Å². The molecule has 1 atom stereocenters. The predicted octanol–water partition coefficient (Wildman–Crippen LogP) is 2.01. The van der Waals surface area contributed by atoms with E-state index in [-0.39, 0.29) is 19.3 Å². The molecule has 0 saturated carbocycles. The number of hydrogen-bond acceptors (Lipinski definition) is 3. The molecule has 1 unspecified atom stereocenters. The van der Waals surface area contributed by atoms with Crippen molar-refractivity contribution in [2.45, 2.75) is 19.9 Å². The summed E-state index contributed by atoms with van der Waals surface area (Å²) in [5.41, 5.74) is 2.62. The summed E-state index contributed by atoms with van der Waals surface area (Å²) in [5.74, 6) is -0.782. The van der Waals surface area contributed by atoms with E-state index in [0.29, 0.717) is 0 Å². The molecule has 104 valence electrons. The summed E-state index contributed by atoms with van der Waals surface area (Å²) in [5, 5.41) is 9.58. The van der Waals surface area contributed by atoms with Crippen LogP contribution in [0.2, 0.25) is 0 Å². The van der Waals surface area contributed by atoms with Gasteiger partial charge in [0.15, 0.2) is 0 Å². The van der Waals surface area contributed by atoms with Gasteiger partial charge in [0.05, 0.1) is 19.3 Å². The van der Waals surface area contributed by atoms with E-state index in [9.17, 15) is 9.90 Å². The largest absolute Gasteiger partial charge is 0.481 e. The number of carboxylic acid groups (broad SMARTS) is 1. The zero-order chi connectivity index (χ0) is 14.2. The Morgan fingerprint density at radius 2 is 1.95 bits per heavy atom. The number of carbonyl (C=O) groups is 1. The second-order valence-electron chi connectivity index (χ2n) is 5.66. The van der Waals surface area contributed by atoms with Crippen molar-refractivity contribution < 1.29 is 14.6 Å². The van der Waals surface area contributed by atoms with Gasteiger partial charge in [0.1, 0.15) is 5.41 Å². The van der Waals surface area contributed by atoms with Gasteiger partial charge in [-0.1, -0.05) is 18.2 Å². The van der Waals surface area contributed by atoms with Gasteiger partial charge in [0.2, 0.25) is 0 Å². The molecule has 1 aromatic rings. The SMILES string of the molecule is Cc1ccc(C(N(C)C)C2(C(=O)O)COC2)cc1C. The predicted molar refractivity (Wildman–Crippen MR) is 73.2 cm³/mol. The smallest absolute Gasteiger partial charge is 0.316 e. The Bertz CT molecular complexity index is 492. The molecule has 4 nitrogen and oxygen atoms in total. The summed E-state index contributed by atoms with van der Waals surface area (Å²) in [7, 11) is 3.84. The van der Waals surface area contributed by atoms with Gasteiger partial charge in [0.25, 0.3) is 0 Å². The van der Waals surface area contributed by atoms with E-state index in [0.717, 1.165) is 5.56 Å². The first kappa shape index (κ1) is 14.0. The maximum Gasteiger partial charge on any atom is 0.316 e. The number of nitrogens with zero attached hydrogens (tertiary/aromatic N) is 1. The number of carboxylic acids is 1. The second kappa shape index (κ2) is 4.94. The molecule has 4 heteroatoms. The van der Waals surface area contributed by atoms with Crippen molar-refractivity contribution in [3.8, 4) is 0 Å². The highest BCUT2D eigenvalue weighted by Crippen LogP contribution is 2.44. The van der Waals surface area contributed by atoms with Crippen molar-refractivity contribution in [3.05, 3.63) is 34.9 Å². The summed E-state index contributed by atoms with van der Waals surface area (Å²) in [4.78, 5) is 13.6. The van der Waals surface area contributed by atoms with Crippen LogP contribution >= 0.6 is 0 Å². The lowest BCUT2D eigenvalue weighted by atomic mass is 9.74. The molecule has 1 saturated heterocycles. The monoisotopic (exact) mass is 263 g/mol. The highest BCUT2D eigenvalue weighted by molar-refractivity contribution is 5.77. The number of aliphatic carboxylic acids is 1. The molecule has 1 aliphatic heterocycles. The normalized spacial score (nSPS) is 19.0. The first-order valence-electron chi connectivity index (χ1n) is 6.43. The Hall–Kier alpha value is -1.39. The molecule has 1 N–H and O–H groups in total. The molecule has 1 heterocycles. The molecule has 19 heavy (non-hydrogen) atoms. The molecule has 1 fully saturated rings. The first-order valence-corrected chi connectivity index (χ1v) is 6.43. The maximum atomic E-state index is 11.7. The molecular formula is C15H21NO3. The molecule has 0 amide bonds. The molecule has 2 rings (SSSR count). The van der Waals surface area contributed by atoms with Gasteiger partial charge in [0, 0.05) is 0 Å². The average molecular weight is 263 g/mol. The summed E-state index contributed by atoms with van der Waals surface area (Å²) >= 11 is 0. The van der Waals surface area contributed by atoms with Crippen LogP contribution < -0.4 is 0 Å². The van der Waals surface area contributed by atoms with Gasteiger partial charge in [-0.05, 0) is 44.6 Å². The third-order valence-electron chi connectivity index (χ3n) is 4.03. The van der Waals surface area contributed by atoms with Crippen LogP contribution in [0.4, 0.5) is 0 Å². The third-order valence-corrected chi connectivity index (χ3v) is 4.03. The molecule has 0 bridgehead atoms. The number of aryl methyl sites for hydroxylation is 2. The van der Waals surface area contributed by atoms with Gasteiger partial charge >= 0.3 is 5.97 Å². The van der Waals surface area contributed by atoms with E-state index >= 15 is 0 Å². The zero-order valence-electron chi connectivity index (χ0n) is 11.9. The van der Waals surface area contributed by atoms with E-state index in [1.165, 1.54) is 11.1 Å². The van der Waals surface area contributed by atoms with Crippen LogP contribution in [0.3, 0.4) is 0 Å². The van der Waals surface area contributed by atoms with Crippen LogP contribution in [0.25, 0.3) is 0 Å². The molecule has 0 aliphatic carbocycles. The summed E-state index contributed by atoms with van der Waals surface area (Å²) < 4.78 is 5.20. The summed E-state index contributed by atoms with van der Waals surface area (Å²) in [6, 6.07) is 5.99. The minimum absolute atomic E-state index is 0.168. The van der Waals surface area contributed by atoms with Gasteiger partial charge in [-0.2, -0.15) is 0 Å². The Labute approximate surface area is 114 Å². The molecule has 1 aliphatic rings. The van der Waals surface area contributed by atoms with E-state index in [1.54, 1.807) is 0 Å². The van der Waals surface area contributed by atoms with Crippen molar-refractivity contribution in [1.82, 2.24) is 4.90 Å². The van der Waals surface area contributed by atoms with E-state index in [1.807, 2.05) is 25.1 Å². The maximum absolute atomic E-state index is 11.7. The van der Waals surface area contributed by atoms with Crippen molar-refractivity contribution in [3.63, 3.8) is 0 Å². The molecule has 1 aromatic carbocycles. The van der Waals surface area contributed by atoms with E-state index in [4.69, 9.17) is 4.74 Å². The number of hydrogen-bond donors (Lipinski definition) is 1. The van der Waals surface area contributed by atoms with Crippen LogP contribution in [0.1, 0.15) is 22.7 Å². The first-order chi connectivity index (χ1) is 8.88. The fraction of sp³-hybridized carbons (Fsp3) is 0.533. The Morgan fingerprint density at radius 3 is 2.32 bits per heavy atom. The van der Waals surface area contributed by atoms with Crippen LogP contribution in [-0.4, -0.2) is 43.3 Å². The van der Waals surface area contributed by atoms with Crippen molar-refractivity contribution in [1.29, 1.82) is 0 Å². The van der Waals surface area contributed by atoms with Crippen molar-refractivity contribution >= 4 is 5.97 Å². The zero-order valence-corrected chi connectivity index (χ0v) is 11.9. The average Bonchev–Trinajstić information content (AvgIpc) is 2.26. The van der Waals surface area contributed by atoms with Gasteiger partial charge in [-0.25, -0.2) is 0 Å². The lowest BCUT2D eigenvalue weighted by molar-refractivity contribution is -0.193. The van der Waals surface area contributed by atoms with Gasteiger partial charge < -0.3 is 14.7 Å². The van der Waals surface area contributed by atoms with Crippen LogP contribution in [0, 0.1) is 19.3 Å². The minimum Gasteiger partial charge on any atom is -0.481 e. The van der Waals surface area contributed by atoms with Crippen LogP contribution in [-0.2, 0) is 9.53 Å². The summed E-state index contributed by atoms with van der Waals surface area (Å²) in [6.45, 7) is 4.66. The quantitative estimate of drug-likeness (QED) is 0.902. The van der Waals surface area contributed by atoms with E-state index in [2.05, 4.69) is 26.0 Å². The third kappa shape index (κ3) is 2.26. The second-order valence-corrected chi connectivity index (χ2v) is 5.66. The van der Waals surface area contributed by atoms with Crippen molar-refractivity contribution in [2.75, 3.05) is 27.3 Å². The molecule has 0 aromatic heterocycles. The molecule has 0 spiro atoms. The highest BCUT2D eigenvalue weighted by Gasteiger charge is 2.54. The number of ether oxygens (including phenoxy) is 1. The van der Waals surface area contributed by atoms with Crippen LogP contribution in [0.15, 0.2) is 18.2 Å². The minimum atomic E-state index is -0.828. The lowest BCUT2D eigenvalue weighted by Crippen LogP contribution is -2.56. The lowest BCUT2D eigenvalue weighted by Gasteiger charge is -2.46. The Kier molecular flexibility index (Phi) is 3.65. The fourth-order valence-electron chi connectivity index (χ4n) is 2.77. The molecule has 0 radical (unpaired) electrons. The molecular weight excluding hydrogens is 242 g/mol. The highest BCUT2D eigenvalue weighted by atomic mass is 16.5. The number of benzene rings is 1. The standard InChI is InChI=1S/C15H21NO3/c1-10-5-6-12(7-11(10)2)13(16(3)4)15(14(17)18)8-19-9-15/h5-7,13H,8-9H2,1-4H3,(H,17,18). The Balaban J connectivity index is 2.45. The number of rotatable bonds is 4. The topological polar surface area (TPSA) is 49.8 Å². The summed E-state index contributed by atoms with van der Waals surface area (Å²) in [6.07, 6.45) is 0. The fourth-order valence-corrected chi connectivity index (χ4v) is 2.77. The van der Waals surface area contributed by atoms with Crippen molar-refractivity contribution in [2.24, 2.45) is 5.41 Å². The van der Waals surface area contributed by atoms with E-state index < -0.39 is 11.4 Å². The van der Waals surface area contributed by atoms with Gasteiger partial charge in [-0.3, -0.25) is 4.79 Å². The van der Waals surface area contributed by atoms with Gasteiger partial charge in [-0.15, -0.1) is 0 Å². The Morgan fingerprint density at radius 1 is 1.32 bits per heavy atom.